The molecule has 0 spiro atoms. The van der Waals surface area contributed by atoms with E-state index < -0.39 is 34.7 Å². The van der Waals surface area contributed by atoms with E-state index in [1.165, 1.54) is 25.1 Å². The second-order valence-corrected chi connectivity index (χ2v) is 6.64. The minimum absolute atomic E-state index is 0.0458. The van der Waals surface area contributed by atoms with Gasteiger partial charge in [-0.15, -0.1) is 0 Å². The highest BCUT2D eigenvalue weighted by Crippen LogP contribution is 2.23. The largest absolute Gasteiger partial charge is 0.481 e. The Labute approximate surface area is 161 Å². The molecular formula is C18H23N3O7. The van der Waals surface area contributed by atoms with Crippen molar-refractivity contribution in [3.63, 3.8) is 0 Å². The monoisotopic (exact) mass is 393 g/mol. The summed E-state index contributed by atoms with van der Waals surface area (Å²) in [6, 6.07) is 4.22. The SMILES string of the molecule is CC(NC(=O)c1cccc([N+](=O)[O-])c1)C(=O)NCC(C(=O)O)C1CCOCC1. The number of nitro groups is 1. The Bertz CT molecular complexity index is 746. The standard InChI is InChI=1S/C18H23N3O7/c1-11(20-17(23)13-3-2-4-14(9-13)21(26)27)16(22)19-10-15(18(24)25)12-5-7-28-8-6-12/h2-4,9,11-12,15H,5-8,10H2,1H3,(H,19,22)(H,20,23)(H,24,25). The summed E-state index contributed by atoms with van der Waals surface area (Å²) < 4.78 is 5.23. The summed E-state index contributed by atoms with van der Waals surface area (Å²) in [5, 5.41) is 25.2. The van der Waals surface area contributed by atoms with Crippen LogP contribution >= 0.6 is 0 Å². The molecule has 1 aliphatic rings. The highest BCUT2D eigenvalue weighted by molar-refractivity contribution is 5.97. The van der Waals surface area contributed by atoms with Gasteiger partial charge in [-0.05, 0) is 31.7 Å². The van der Waals surface area contributed by atoms with Gasteiger partial charge >= 0.3 is 5.97 Å². The molecule has 2 amide bonds. The van der Waals surface area contributed by atoms with E-state index >= 15 is 0 Å². The predicted molar refractivity (Wildman–Crippen MR) is 97.7 cm³/mol. The lowest BCUT2D eigenvalue weighted by molar-refractivity contribution is -0.384. The predicted octanol–water partition coefficient (Wildman–Crippen LogP) is 0.957. The number of carboxylic acids is 1. The van der Waals surface area contributed by atoms with Crippen molar-refractivity contribution in [1.29, 1.82) is 0 Å². The number of aliphatic carboxylic acids is 1. The van der Waals surface area contributed by atoms with Gasteiger partial charge in [0, 0.05) is 37.5 Å². The summed E-state index contributed by atoms with van der Waals surface area (Å²) in [4.78, 5) is 46.1. The van der Waals surface area contributed by atoms with Crippen molar-refractivity contribution in [2.75, 3.05) is 19.8 Å². The molecule has 1 aromatic carbocycles. The fourth-order valence-electron chi connectivity index (χ4n) is 3.04. The zero-order valence-electron chi connectivity index (χ0n) is 15.4. The smallest absolute Gasteiger partial charge is 0.308 e. The van der Waals surface area contributed by atoms with Gasteiger partial charge in [-0.3, -0.25) is 24.5 Å². The highest BCUT2D eigenvalue weighted by atomic mass is 16.6. The third-order valence-electron chi connectivity index (χ3n) is 4.71. The topological polar surface area (TPSA) is 148 Å². The number of carbonyl (C=O) groups excluding carboxylic acids is 2. The van der Waals surface area contributed by atoms with E-state index in [1.807, 2.05) is 0 Å². The van der Waals surface area contributed by atoms with Gasteiger partial charge in [-0.2, -0.15) is 0 Å². The second-order valence-electron chi connectivity index (χ2n) is 6.64. The van der Waals surface area contributed by atoms with Gasteiger partial charge in [-0.25, -0.2) is 0 Å². The first-order valence-corrected chi connectivity index (χ1v) is 8.93. The molecule has 1 saturated heterocycles. The van der Waals surface area contributed by atoms with Crippen LogP contribution in [0.15, 0.2) is 24.3 Å². The van der Waals surface area contributed by atoms with Gasteiger partial charge in [0.15, 0.2) is 0 Å². The minimum atomic E-state index is -0.986. The number of carboxylic acid groups (broad SMARTS) is 1. The van der Waals surface area contributed by atoms with Gasteiger partial charge in [-0.1, -0.05) is 6.07 Å². The van der Waals surface area contributed by atoms with Gasteiger partial charge in [0.05, 0.1) is 10.8 Å². The van der Waals surface area contributed by atoms with Gasteiger partial charge in [0.1, 0.15) is 6.04 Å². The number of non-ortho nitro benzene ring substituents is 1. The first kappa shape index (κ1) is 21.3. The number of rotatable bonds is 8. The third kappa shape index (κ3) is 5.74. The molecule has 0 radical (unpaired) electrons. The van der Waals surface area contributed by atoms with Crippen molar-refractivity contribution in [2.45, 2.75) is 25.8 Å². The molecule has 1 aromatic rings. The second kappa shape index (κ2) is 9.79. The molecule has 152 valence electrons. The molecule has 28 heavy (non-hydrogen) atoms. The van der Waals surface area contributed by atoms with Crippen LogP contribution in [0.25, 0.3) is 0 Å². The molecule has 1 aliphatic heterocycles. The van der Waals surface area contributed by atoms with Crippen molar-refractivity contribution in [3.8, 4) is 0 Å². The number of nitrogens with one attached hydrogen (secondary N) is 2. The van der Waals surface area contributed by atoms with Crippen LogP contribution < -0.4 is 10.6 Å². The van der Waals surface area contributed by atoms with Crippen LogP contribution in [0.5, 0.6) is 0 Å². The maximum Gasteiger partial charge on any atom is 0.308 e. The van der Waals surface area contributed by atoms with Crippen molar-refractivity contribution in [2.24, 2.45) is 11.8 Å². The summed E-state index contributed by atoms with van der Waals surface area (Å²) in [5.74, 6) is -2.96. The molecule has 3 N–H and O–H groups in total. The summed E-state index contributed by atoms with van der Waals surface area (Å²) in [6.07, 6.45) is 1.23. The molecule has 2 rings (SSSR count). The maximum absolute atomic E-state index is 12.2. The van der Waals surface area contributed by atoms with E-state index in [0.29, 0.717) is 26.1 Å². The number of carbonyl (C=O) groups is 3. The number of hydrogen-bond donors (Lipinski definition) is 3. The van der Waals surface area contributed by atoms with Crippen LogP contribution in [-0.4, -0.2) is 53.6 Å². The van der Waals surface area contributed by atoms with Crippen molar-refractivity contribution < 1.29 is 29.2 Å². The molecule has 10 nitrogen and oxygen atoms in total. The van der Waals surface area contributed by atoms with E-state index in [9.17, 15) is 29.6 Å². The zero-order valence-corrected chi connectivity index (χ0v) is 15.4. The molecule has 2 unspecified atom stereocenters. The minimum Gasteiger partial charge on any atom is -0.481 e. The molecule has 0 saturated carbocycles. The molecule has 2 atom stereocenters. The Kier molecular flexibility index (Phi) is 7.44. The van der Waals surface area contributed by atoms with E-state index in [2.05, 4.69) is 10.6 Å². The van der Waals surface area contributed by atoms with Crippen LogP contribution in [0, 0.1) is 22.0 Å². The molecule has 0 bridgehead atoms. The number of amides is 2. The zero-order chi connectivity index (χ0) is 20.7. The van der Waals surface area contributed by atoms with Crippen LogP contribution in [-0.2, 0) is 14.3 Å². The normalized spacial score (nSPS) is 16.6. The summed E-state index contributed by atoms with van der Waals surface area (Å²) in [6.45, 7) is 2.40. The van der Waals surface area contributed by atoms with Crippen molar-refractivity contribution in [3.05, 3.63) is 39.9 Å². The molecule has 0 aromatic heterocycles. The molecular weight excluding hydrogens is 370 g/mol. The van der Waals surface area contributed by atoms with Crippen molar-refractivity contribution in [1.82, 2.24) is 10.6 Å². The number of nitrogens with zero attached hydrogens (tertiary/aromatic N) is 1. The number of benzene rings is 1. The van der Waals surface area contributed by atoms with Crippen LogP contribution in [0.3, 0.4) is 0 Å². The number of ether oxygens (including phenoxy) is 1. The quantitative estimate of drug-likeness (QED) is 0.440. The van der Waals surface area contributed by atoms with E-state index in [0.717, 1.165) is 6.07 Å². The number of hydrogen-bond acceptors (Lipinski definition) is 6. The van der Waals surface area contributed by atoms with Gasteiger partial charge in [0.2, 0.25) is 5.91 Å². The van der Waals surface area contributed by atoms with Crippen LogP contribution in [0.4, 0.5) is 5.69 Å². The van der Waals surface area contributed by atoms with Gasteiger partial charge in [0.25, 0.3) is 11.6 Å². The third-order valence-corrected chi connectivity index (χ3v) is 4.71. The Morgan fingerprint density at radius 1 is 1.32 bits per heavy atom. The molecule has 1 fully saturated rings. The van der Waals surface area contributed by atoms with E-state index in [4.69, 9.17) is 4.74 Å². The first-order valence-electron chi connectivity index (χ1n) is 8.93. The van der Waals surface area contributed by atoms with E-state index in [-0.39, 0.29) is 23.7 Å². The summed E-state index contributed by atoms with van der Waals surface area (Å²) >= 11 is 0. The van der Waals surface area contributed by atoms with Gasteiger partial charge < -0.3 is 20.5 Å². The maximum atomic E-state index is 12.2. The molecule has 0 aliphatic carbocycles. The first-order chi connectivity index (χ1) is 13.3. The fraction of sp³-hybridized carbons (Fsp3) is 0.500. The van der Waals surface area contributed by atoms with Crippen LogP contribution in [0.1, 0.15) is 30.1 Å². The van der Waals surface area contributed by atoms with Crippen LogP contribution in [0.2, 0.25) is 0 Å². The van der Waals surface area contributed by atoms with Crippen molar-refractivity contribution >= 4 is 23.5 Å². The average Bonchev–Trinajstić information content (AvgIpc) is 2.68. The summed E-state index contributed by atoms with van der Waals surface area (Å²) in [5.41, 5.74) is -0.176. The lowest BCUT2D eigenvalue weighted by atomic mass is 9.86. The summed E-state index contributed by atoms with van der Waals surface area (Å²) in [7, 11) is 0. The Morgan fingerprint density at radius 2 is 2.00 bits per heavy atom. The van der Waals surface area contributed by atoms with E-state index in [1.54, 1.807) is 0 Å². The Hall–Kier alpha value is -3.01. The molecule has 10 heteroatoms. The Morgan fingerprint density at radius 3 is 2.61 bits per heavy atom. The fourth-order valence-corrected chi connectivity index (χ4v) is 3.04. The lowest BCUT2D eigenvalue weighted by Gasteiger charge is -2.28. The molecule has 1 heterocycles. The Balaban J connectivity index is 1.90. The number of nitro benzene ring substituents is 1. The highest BCUT2D eigenvalue weighted by Gasteiger charge is 2.30. The average molecular weight is 393 g/mol. The lowest BCUT2D eigenvalue weighted by Crippen LogP contribution is -2.47.